The van der Waals surface area contributed by atoms with Gasteiger partial charge in [0.15, 0.2) is 0 Å². The number of rotatable bonds is 0. The van der Waals surface area contributed by atoms with Crippen LogP contribution in [0.15, 0.2) is 0 Å². The largest absolute Gasteiger partial charge is 3.00 e. The molecule has 0 aromatic heterocycles. The molecule has 18 heteroatoms. The minimum atomic E-state index is -5.17. The third-order valence-corrected chi connectivity index (χ3v) is 0. The van der Waals surface area contributed by atoms with Gasteiger partial charge in [0.1, 0.15) is 0 Å². The van der Waals surface area contributed by atoms with Crippen LogP contribution >= 0.6 is 0 Å². The van der Waals surface area contributed by atoms with Crippen LogP contribution in [0.5, 0.6) is 0 Å². The normalized spacial score (nSPS) is 9.67. The summed E-state index contributed by atoms with van der Waals surface area (Å²) in [6, 6.07) is 0. The third-order valence-electron chi connectivity index (χ3n) is 0. The van der Waals surface area contributed by atoms with Crippen molar-refractivity contribution in [2.75, 3.05) is 0 Å². The summed E-state index contributed by atoms with van der Waals surface area (Å²) < 4.78 is 102. The van der Waals surface area contributed by atoms with Crippen LogP contribution in [0, 0.1) is 0 Å². The van der Waals surface area contributed by atoms with Crippen molar-refractivity contribution in [1.29, 1.82) is 0 Å². The van der Waals surface area contributed by atoms with Crippen LogP contribution in [-0.4, -0.2) is 58.0 Å². The predicted molar refractivity (Wildman–Crippen MR) is 35.0 cm³/mol. The fourth-order valence-corrected chi connectivity index (χ4v) is 0. The van der Waals surface area contributed by atoms with E-state index in [1.807, 2.05) is 0 Å². The molecule has 2 N–H and O–H groups in total. The standard InChI is InChI=1S/2Ir.3H2O4S.H2O/c;;3*1-5(2,3)4;/h;;3*(H2,1,2,3,4);1H2/q2*+3;;;;/p-6. The maximum atomic E-state index is 8.52. The molecular weight excluding hydrogens is 689 g/mol. The molecule has 13 nitrogen and oxygen atoms in total. The van der Waals surface area contributed by atoms with Crippen LogP contribution in [0.3, 0.4) is 0 Å². The predicted octanol–water partition coefficient (Wildman–Crippen LogP) is -4.84. The van der Waals surface area contributed by atoms with Gasteiger partial charge in [-0.1, -0.05) is 0 Å². The summed E-state index contributed by atoms with van der Waals surface area (Å²) in [5, 5.41) is 0. The average Bonchev–Trinajstić information content (AvgIpc) is 1.41. The molecule has 0 aliphatic rings. The maximum absolute atomic E-state index is 8.52. The van der Waals surface area contributed by atoms with E-state index in [9.17, 15) is 0 Å². The molecular formula is H2Ir2O13S3. The van der Waals surface area contributed by atoms with Gasteiger partial charge in [-0.3, -0.25) is 25.3 Å². The van der Waals surface area contributed by atoms with Crippen LogP contribution in [0.25, 0.3) is 0 Å². The van der Waals surface area contributed by atoms with E-state index in [1.165, 1.54) is 0 Å². The Hall–Kier alpha value is 0.869. The quantitative estimate of drug-likeness (QED) is 0.171. The Morgan fingerprint density at radius 1 is 0.444 bits per heavy atom. The molecule has 0 amide bonds. The average molecular weight is 691 g/mol. The molecule has 0 aliphatic heterocycles. The molecule has 18 heavy (non-hydrogen) atoms. The summed E-state index contributed by atoms with van der Waals surface area (Å²) in [6.45, 7) is 0. The molecule has 0 spiro atoms. The number of hydrogen-bond acceptors (Lipinski definition) is 12. The van der Waals surface area contributed by atoms with Crippen molar-refractivity contribution in [2.24, 2.45) is 0 Å². The van der Waals surface area contributed by atoms with Crippen molar-refractivity contribution in [1.82, 2.24) is 0 Å². The molecule has 116 valence electrons. The Kier molecular flexibility index (Phi) is 28.9. The summed E-state index contributed by atoms with van der Waals surface area (Å²) >= 11 is 0. The van der Waals surface area contributed by atoms with Gasteiger partial charge in [-0.25, -0.2) is 0 Å². The van der Waals surface area contributed by atoms with E-state index < -0.39 is 31.2 Å². The van der Waals surface area contributed by atoms with E-state index in [4.69, 9.17) is 52.6 Å². The van der Waals surface area contributed by atoms with Crippen molar-refractivity contribution in [2.45, 2.75) is 0 Å². The van der Waals surface area contributed by atoms with Gasteiger partial charge in [-0.15, -0.1) is 0 Å². The molecule has 0 unspecified atom stereocenters. The molecule has 0 aromatic rings. The molecule has 0 radical (unpaired) electrons. The SMILES string of the molecule is O.O=S(=O)([O-])[O-].O=S(=O)([O-])[O-].O=S(=O)([O-])[O-].[Ir+3].[Ir+3]. The van der Waals surface area contributed by atoms with Crippen LogP contribution in [-0.2, 0) is 71.4 Å². The zero-order chi connectivity index (χ0) is 13.5. The van der Waals surface area contributed by atoms with Crippen molar-refractivity contribution in [3.63, 3.8) is 0 Å². The zero-order valence-electron chi connectivity index (χ0n) is 7.29. The summed E-state index contributed by atoms with van der Waals surface area (Å²) in [7, 11) is -15.5. The third kappa shape index (κ3) is 5630. The summed E-state index contributed by atoms with van der Waals surface area (Å²) in [6.07, 6.45) is 0. The van der Waals surface area contributed by atoms with E-state index >= 15 is 0 Å². The van der Waals surface area contributed by atoms with Crippen LogP contribution in [0.1, 0.15) is 0 Å². The molecule has 0 aliphatic carbocycles. The van der Waals surface area contributed by atoms with Gasteiger partial charge in [0.2, 0.25) is 0 Å². The van der Waals surface area contributed by atoms with E-state index in [-0.39, 0.29) is 45.7 Å². The molecule has 0 saturated heterocycles. The maximum Gasteiger partial charge on any atom is 3.00 e. The topological polar surface area (TPSA) is 272 Å². The fourth-order valence-electron chi connectivity index (χ4n) is 0. The van der Waals surface area contributed by atoms with Gasteiger partial charge in [0.05, 0.1) is 0 Å². The number of hydrogen-bond donors (Lipinski definition) is 0. The Bertz CT molecular complexity index is 341. The molecule has 0 aromatic carbocycles. The summed E-state index contributed by atoms with van der Waals surface area (Å²) in [4.78, 5) is 0. The van der Waals surface area contributed by atoms with Crippen LogP contribution in [0.2, 0.25) is 0 Å². The van der Waals surface area contributed by atoms with Crippen molar-refractivity contribution in [3.05, 3.63) is 0 Å². The molecule has 0 fully saturated rings. The minimum absolute atomic E-state index is 0. The van der Waals surface area contributed by atoms with Crippen molar-refractivity contribution in [3.8, 4) is 0 Å². The molecule has 0 saturated carbocycles. The van der Waals surface area contributed by atoms with E-state index in [2.05, 4.69) is 0 Å². The first-order chi connectivity index (χ1) is 6.00. The second kappa shape index (κ2) is 14.3. The summed E-state index contributed by atoms with van der Waals surface area (Å²) in [5.41, 5.74) is 0. The fraction of sp³-hybridized carbons (Fsp3) is 0. The Labute approximate surface area is 129 Å². The molecule has 0 rings (SSSR count). The Morgan fingerprint density at radius 2 is 0.444 bits per heavy atom. The van der Waals surface area contributed by atoms with Gasteiger partial charge in [-0.2, -0.15) is 0 Å². The van der Waals surface area contributed by atoms with E-state index in [0.717, 1.165) is 0 Å². The second-order valence-corrected chi connectivity index (χ2v) is 3.67. The van der Waals surface area contributed by atoms with E-state index in [1.54, 1.807) is 0 Å². The van der Waals surface area contributed by atoms with Crippen LogP contribution in [0.4, 0.5) is 0 Å². The molecule has 0 bridgehead atoms. The van der Waals surface area contributed by atoms with Crippen LogP contribution < -0.4 is 0 Å². The van der Waals surface area contributed by atoms with Crippen molar-refractivity contribution < 1.29 is 98.3 Å². The van der Waals surface area contributed by atoms with E-state index in [0.29, 0.717) is 0 Å². The molecule has 0 atom stereocenters. The van der Waals surface area contributed by atoms with Gasteiger partial charge < -0.3 is 32.8 Å². The smallest absolute Gasteiger partial charge is 0.759 e. The molecule has 0 heterocycles. The van der Waals surface area contributed by atoms with Gasteiger partial charge in [0.25, 0.3) is 0 Å². The van der Waals surface area contributed by atoms with Gasteiger partial charge >= 0.3 is 40.2 Å². The van der Waals surface area contributed by atoms with Gasteiger partial charge in [-0.05, 0) is 0 Å². The Morgan fingerprint density at radius 3 is 0.444 bits per heavy atom. The first-order valence-corrected chi connectivity index (χ1v) is 6.00. The first kappa shape index (κ1) is 36.4. The zero-order valence-corrected chi connectivity index (χ0v) is 14.5. The van der Waals surface area contributed by atoms with Crippen molar-refractivity contribution >= 4 is 31.2 Å². The minimum Gasteiger partial charge on any atom is -0.759 e. The Balaban J connectivity index is -0.0000000277. The summed E-state index contributed by atoms with van der Waals surface area (Å²) in [5.74, 6) is 0. The monoisotopic (exact) mass is 692 g/mol. The first-order valence-electron chi connectivity index (χ1n) is 2.00. The second-order valence-electron chi connectivity index (χ2n) is 1.22. The van der Waals surface area contributed by atoms with Gasteiger partial charge in [0, 0.05) is 31.2 Å².